The van der Waals surface area contributed by atoms with Gasteiger partial charge in [-0.25, -0.2) is 0 Å². The van der Waals surface area contributed by atoms with Gasteiger partial charge in [-0.1, -0.05) is 40.2 Å². The third-order valence-electron chi connectivity index (χ3n) is 4.06. The van der Waals surface area contributed by atoms with Crippen molar-refractivity contribution in [2.75, 3.05) is 5.32 Å². The van der Waals surface area contributed by atoms with Gasteiger partial charge in [0.1, 0.15) is 0 Å². The van der Waals surface area contributed by atoms with Gasteiger partial charge in [0.05, 0.1) is 0 Å². The van der Waals surface area contributed by atoms with Gasteiger partial charge in [-0.2, -0.15) is 0 Å². The molecule has 1 N–H and O–H groups in total. The molecule has 104 valence electrons. The summed E-state index contributed by atoms with van der Waals surface area (Å²) in [6.07, 6.45) is 2.43. The minimum Gasteiger partial charge on any atom is -0.381 e. The molecule has 20 heavy (non-hydrogen) atoms. The van der Waals surface area contributed by atoms with Crippen LogP contribution in [0.1, 0.15) is 29.9 Å². The molecule has 1 nitrogen and oxygen atoms in total. The normalized spacial score (nSPS) is 21.4. The Balaban J connectivity index is 1.62. The van der Waals surface area contributed by atoms with Gasteiger partial charge in [0.15, 0.2) is 0 Å². The Kier molecular flexibility index (Phi) is 4.18. The molecule has 0 amide bonds. The largest absolute Gasteiger partial charge is 0.381 e. The molecule has 0 aromatic heterocycles. The van der Waals surface area contributed by atoms with Crippen LogP contribution in [0.2, 0.25) is 0 Å². The average Bonchev–Trinajstić information content (AvgIpc) is 2.37. The number of anilines is 1. The monoisotopic (exact) mass is 393 g/mol. The van der Waals surface area contributed by atoms with Crippen molar-refractivity contribution in [3.05, 3.63) is 62.5 Å². The standard InChI is InChI=1S/C17H17Br2N/c1-11-4-2-3-5-15(11)12-8-14(9-12)20-17-7-6-13(18)10-16(17)19/h2-7,10,12,14,20H,8-9H2,1H3. The SMILES string of the molecule is Cc1ccccc1C1CC(Nc2ccc(Br)cc2Br)C1. The van der Waals surface area contributed by atoms with Crippen molar-refractivity contribution in [3.63, 3.8) is 0 Å². The first-order valence-electron chi connectivity index (χ1n) is 6.90. The highest BCUT2D eigenvalue weighted by atomic mass is 79.9. The van der Waals surface area contributed by atoms with Crippen molar-refractivity contribution in [1.82, 2.24) is 0 Å². The molecule has 1 aliphatic carbocycles. The highest BCUT2D eigenvalue weighted by molar-refractivity contribution is 9.11. The van der Waals surface area contributed by atoms with Crippen LogP contribution in [0.3, 0.4) is 0 Å². The zero-order chi connectivity index (χ0) is 14.1. The lowest BCUT2D eigenvalue weighted by molar-refractivity contribution is 0.373. The zero-order valence-electron chi connectivity index (χ0n) is 11.4. The minimum atomic E-state index is 0.581. The first kappa shape index (κ1) is 14.2. The van der Waals surface area contributed by atoms with E-state index in [-0.39, 0.29) is 0 Å². The Hall–Kier alpha value is -0.800. The number of hydrogen-bond acceptors (Lipinski definition) is 1. The molecule has 0 unspecified atom stereocenters. The second-order valence-corrected chi connectivity index (χ2v) is 7.26. The summed E-state index contributed by atoms with van der Waals surface area (Å²) in [5, 5.41) is 3.63. The molecule has 0 radical (unpaired) electrons. The lowest BCUT2D eigenvalue weighted by Gasteiger charge is -2.37. The van der Waals surface area contributed by atoms with Crippen LogP contribution in [-0.4, -0.2) is 6.04 Å². The average molecular weight is 395 g/mol. The summed E-state index contributed by atoms with van der Waals surface area (Å²) in [7, 11) is 0. The maximum Gasteiger partial charge on any atom is 0.0487 e. The lowest BCUT2D eigenvalue weighted by atomic mass is 9.74. The fourth-order valence-corrected chi connectivity index (χ4v) is 4.02. The van der Waals surface area contributed by atoms with Crippen LogP contribution in [0.5, 0.6) is 0 Å². The molecule has 0 aliphatic heterocycles. The number of benzene rings is 2. The van der Waals surface area contributed by atoms with Crippen LogP contribution >= 0.6 is 31.9 Å². The molecule has 2 aromatic carbocycles. The van der Waals surface area contributed by atoms with Crippen LogP contribution in [0, 0.1) is 6.92 Å². The summed E-state index contributed by atoms with van der Waals surface area (Å²) in [6.45, 7) is 2.21. The number of rotatable bonds is 3. The summed E-state index contributed by atoms with van der Waals surface area (Å²) in [6, 6.07) is 15.6. The first-order chi connectivity index (χ1) is 9.63. The molecule has 0 saturated heterocycles. The van der Waals surface area contributed by atoms with Crippen molar-refractivity contribution < 1.29 is 0 Å². The molecule has 0 atom stereocenters. The van der Waals surface area contributed by atoms with Gasteiger partial charge < -0.3 is 5.32 Å². The highest BCUT2D eigenvalue weighted by Gasteiger charge is 2.31. The van der Waals surface area contributed by atoms with Gasteiger partial charge in [0.25, 0.3) is 0 Å². The maximum absolute atomic E-state index is 3.63. The summed E-state index contributed by atoms with van der Waals surface area (Å²) in [5.74, 6) is 0.711. The Bertz CT molecular complexity index is 618. The predicted octanol–water partition coefficient (Wildman–Crippen LogP) is 5.88. The van der Waals surface area contributed by atoms with Gasteiger partial charge in [0, 0.05) is 20.7 Å². The number of nitrogens with one attached hydrogen (secondary N) is 1. The Morgan fingerprint density at radius 2 is 1.80 bits per heavy atom. The molecule has 0 heterocycles. The third kappa shape index (κ3) is 2.94. The van der Waals surface area contributed by atoms with Gasteiger partial charge in [-0.15, -0.1) is 0 Å². The second-order valence-electron chi connectivity index (χ2n) is 5.49. The Morgan fingerprint density at radius 1 is 1.05 bits per heavy atom. The van der Waals surface area contributed by atoms with E-state index < -0.39 is 0 Å². The molecule has 1 aliphatic rings. The van der Waals surface area contributed by atoms with Crippen molar-refractivity contribution in [3.8, 4) is 0 Å². The van der Waals surface area contributed by atoms with E-state index in [0.29, 0.717) is 12.0 Å². The van der Waals surface area contributed by atoms with Gasteiger partial charge in [0.2, 0.25) is 0 Å². The van der Waals surface area contributed by atoms with E-state index in [9.17, 15) is 0 Å². The molecular weight excluding hydrogens is 378 g/mol. The molecule has 1 saturated carbocycles. The number of aryl methyl sites for hydroxylation is 1. The van der Waals surface area contributed by atoms with E-state index >= 15 is 0 Å². The van der Waals surface area contributed by atoms with Crippen molar-refractivity contribution in [1.29, 1.82) is 0 Å². The van der Waals surface area contributed by atoms with E-state index in [2.05, 4.69) is 86.6 Å². The molecular formula is C17H17Br2N. The van der Waals surface area contributed by atoms with Gasteiger partial charge in [-0.3, -0.25) is 0 Å². The zero-order valence-corrected chi connectivity index (χ0v) is 14.5. The quantitative estimate of drug-likeness (QED) is 0.685. The topological polar surface area (TPSA) is 12.0 Å². The van der Waals surface area contributed by atoms with Crippen LogP contribution in [0.4, 0.5) is 5.69 Å². The molecule has 3 rings (SSSR count). The summed E-state index contributed by atoms with van der Waals surface area (Å²) >= 11 is 7.09. The molecule has 2 aromatic rings. The molecule has 3 heteroatoms. The number of hydrogen-bond donors (Lipinski definition) is 1. The van der Waals surface area contributed by atoms with Crippen molar-refractivity contribution in [2.24, 2.45) is 0 Å². The molecule has 0 spiro atoms. The van der Waals surface area contributed by atoms with Gasteiger partial charge >= 0.3 is 0 Å². The van der Waals surface area contributed by atoms with Crippen molar-refractivity contribution in [2.45, 2.75) is 31.7 Å². The molecule has 0 bridgehead atoms. The number of halogens is 2. The second kappa shape index (κ2) is 5.90. The van der Waals surface area contributed by atoms with E-state index in [1.165, 1.54) is 29.7 Å². The fraction of sp³-hybridized carbons (Fsp3) is 0.294. The van der Waals surface area contributed by atoms with Gasteiger partial charge in [-0.05, 0) is 70.9 Å². The summed E-state index contributed by atoms with van der Waals surface area (Å²) in [5.41, 5.74) is 4.11. The first-order valence-corrected chi connectivity index (χ1v) is 8.49. The van der Waals surface area contributed by atoms with Crippen LogP contribution in [-0.2, 0) is 0 Å². The fourth-order valence-electron chi connectivity index (χ4n) is 2.86. The smallest absolute Gasteiger partial charge is 0.0487 e. The van der Waals surface area contributed by atoms with Crippen LogP contribution in [0.15, 0.2) is 51.4 Å². The predicted molar refractivity (Wildman–Crippen MR) is 92.4 cm³/mol. The van der Waals surface area contributed by atoms with E-state index in [0.717, 1.165) is 8.95 Å². The maximum atomic E-state index is 3.63. The van der Waals surface area contributed by atoms with Crippen LogP contribution < -0.4 is 5.32 Å². The minimum absolute atomic E-state index is 0.581. The summed E-state index contributed by atoms with van der Waals surface area (Å²) in [4.78, 5) is 0. The Labute approximate surface area is 137 Å². The lowest BCUT2D eigenvalue weighted by Crippen LogP contribution is -2.34. The van der Waals surface area contributed by atoms with E-state index in [1.54, 1.807) is 0 Å². The Morgan fingerprint density at radius 3 is 2.50 bits per heavy atom. The summed E-state index contributed by atoms with van der Waals surface area (Å²) < 4.78 is 2.22. The highest BCUT2D eigenvalue weighted by Crippen LogP contribution is 2.40. The third-order valence-corrected chi connectivity index (χ3v) is 5.21. The van der Waals surface area contributed by atoms with Crippen LogP contribution in [0.25, 0.3) is 0 Å². The van der Waals surface area contributed by atoms with Crippen molar-refractivity contribution >= 4 is 37.5 Å². The molecule has 1 fully saturated rings. The van der Waals surface area contributed by atoms with E-state index in [4.69, 9.17) is 0 Å². The van der Waals surface area contributed by atoms with E-state index in [1.807, 2.05) is 0 Å².